The van der Waals surface area contributed by atoms with Gasteiger partial charge in [-0.2, -0.15) is 0 Å². The van der Waals surface area contributed by atoms with Crippen molar-refractivity contribution in [3.63, 3.8) is 0 Å². The van der Waals surface area contributed by atoms with Crippen LogP contribution in [0.4, 0.5) is 0 Å². The summed E-state index contributed by atoms with van der Waals surface area (Å²) in [6.07, 6.45) is 6.89. The van der Waals surface area contributed by atoms with Crippen LogP contribution < -0.4 is 5.32 Å². The summed E-state index contributed by atoms with van der Waals surface area (Å²) in [6.45, 7) is 1.48. The molecule has 0 spiro atoms. The van der Waals surface area contributed by atoms with Gasteiger partial charge in [0.1, 0.15) is 0 Å². The molecule has 4 rings (SSSR count). The molecule has 1 N–H and O–H groups in total. The Balaban J connectivity index is 1.26. The molecule has 0 fully saturated rings. The van der Waals surface area contributed by atoms with Crippen molar-refractivity contribution < 1.29 is 4.79 Å². The molecule has 3 aromatic heterocycles. The van der Waals surface area contributed by atoms with Crippen LogP contribution in [-0.2, 0) is 17.8 Å². The number of aromatic nitrogens is 4. The summed E-state index contributed by atoms with van der Waals surface area (Å²) < 4.78 is 4.06. The van der Waals surface area contributed by atoms with Gasteiger partial charge < -0.3 is 9.88 Å². The minimum Gasteiger partial charge on any atom is -0.356 e. The third-order valence-corrected chi connectivity index (χ3v) is 4.68. The number of aryl methyl sites for hydroxylation is 1. The molecular formula is C17H17N5OS. The average Bonchev–Trinajstić information content (AvgIpc) is 3.26. The van der Waals surface area contributed by atoms with Crippen molar-refractivity contribution in [2.75, 3.05) is 6.54 Å². The van der Waals surface area contributed by atoms with Gasteiger partial charge in [-0.3, -0.25) is 9.20 Å². The molecule has 24 heavy (non-hydrogen) atoms. The van der Waals surface area contributed by atoms with Crippen molar-refractivity contribution in [3.05, 3.63) is 54.1 Å². The lowest BCUT2D eigenvalue weighted by Crippen LogP contribution is -2.26. The Labute approximate surface area is 142 Å². The predicted molar refractivity (Wildman–Crippen MR) is 94.1 cm³/mol. The largest absolute Gasteiger partial charge is 0.356 e. The summed E-state index contributed by atoms with van der Waals surface area (Å²) >= 11 is 1.57. The molecule has 122 valence electrons. The number of carbonyl (C=O) groups excluding carboxylic acids is 1. The van der Waals surface area contributed by atoms with Crippen LogP contribution in [0.5, 0.6) is 0 Å². The van der Waals surface area contributed by atoms with Crippen molar-refractivity contribution in [2.45, 2.75) is 19.4 Å². The van der Waals surface area contributed by atoms with E-state index in [1.165, 1.54) is 0 Å². The number of nitrogens with one attached hydrogen (secondary N) is 1. The second-order valence-corrected chi connectivity index (χ2v) is 6.51. The molecule has 3 heterocycles. The van der Waals surface area contributed by atoms with E-state index in [1.54, 1.807) is 11.3 Å². The Morgan fingerprint density at radius 2 is 2.21 bits per heavy atom. The Bertz CT molecular complexity index is 955. The van der Waals surface area contributed by atoms with E-state index in [4.69, 9.17) is 0 Å². The molecule has 4 aromatic rings. The van der Waals surface area contributed by atoms with Crippen molar-refractivity contribution in [2.24, 2.45) is 0 Å². The third kappa shape index (κ3) is 3.03. The zero-order valence-corrected chi connectivity index (χ0v) is 13.9. The molecule has 1 aromatic carbocycles. The molecule has 0 saturated carbocycles. The van der Waals surface area contributed by atoms with Gasteiger partial charge in [0.25, 0.3) is 0 Å². The number of para-hydroxylation sites is 2. The monoisotopic (exact) mass is 339 g/mol. The first kappa shape index (κ1) is 14.9. The Morgan fingerprint density at radius 3 is 3.12 bits per heavy atom. The van der Waals surface area contributed by atoms with E-state index >= 15 is 0 Å². The van der Waals surface area contributed by atoms with Crippen molar-refractivity contribution in [1.82, 2.24) is 24.3 Å². The molecule has 0 unspecified atom stereocenters. The normalized spacial score (nSPS) is 11.3. The smallest absolute Gasteiger partial charge is 0.226 e. The minimum atomic E-state index is 0.0104. The molecular weight excluding hydrogens is 322 g/mol. The number of amides is 1. The van der Waals surface area contributed by atoms with E-state index in [1.807, 2.05) is 46.7 Å². The highest BCUT2D eigenvalue weighted by Gasteiger charge is 2.08. The van der Waals surface area contributed by atoms with E-state index < -0.39 is 0 Å². The Kier molecular flexibility index (Phi) is 4.00. The first-order valence-electron chi connectivity index (χ1n) is 7.87. The second-order valence-electron chi connectivity index (χ2n) is 5.63. The van der Waals surface area contributed by atoms with Gasteiger partial charge in [-0.1, -0.05) is 12.1 Å². The van der Waals surface area contributed by atoms with Crippen LogP contribution in [-0.4, -0.2) is 31.4 Å². The first-order chi connectivity index (χ1) is 11.8. The van der Waals surface area contributed by atoms with Crippen LogP contribution in [0.1, 0.15) is 12.1 Å². The quantitative estimate of drug-likeness (QED) is 0.549. The summed E-state index contributed by atoms with van der Waals surface area (Å²) in [7, 11) is 0. The lowest BCUT2D eigenvalue weighted by molar-refractivity contribution is -0.120. The standard InChI is InChI=1S/C17H17N5OS/c23-16(10-13-11-21-8-9-24-17(21)20-13)18-6-3-7-22-12-19-14-4-1-2-5-15(14)22/h1-2,4-5,8-9,11-12H,3,6-7,10H2,(H,18,23). The lowest BCUT2D eigenvalue weighted by atomic mass is 10.3. The maximum atomic E-state index is 12.0. The predicted octanol–water partition coefficient (Wildman–Crippen LogP) is 2.49. The van der Waals surface area contributed by atoms with Gasteiger partial charge in [0.05, 0.1) is 29.5 Å². The molecule has 7 heteroatoms. The number of nitrogens with zero attached hydrogens (tertiary/aromatic N) is 4. The second kappa shape index (κ2) is 6.45. The summed E-state index contributed by atoms with van der Waals surface area (Å²) in [5, 5.41) is 4.94. The molecule has 0 radical (unpaired) electrons. The molecule has 0 aliphatic heterocycles. The number of carbonyl (C=O) groups is 1. The lowest BCUT2D eigenvalue weighted by Gasteiger charge is -2.06. The van der Waals surface area contributed by atoms with Crippen LogP contribution in [0.15, 0.2) is 48.4 Å². The number of fused-ring (bicyclic) bond motifs is 2. The van der Waals surface area contributed by atoms with E-state index in [0.717, 1.165) is 34.7 Å². The van der Waals surface area contributed by atoms with Gasteiger partial charge in [-0.25, -0.2) is 9.97 Å². The highest BCUT2D eigenvalue weighted by molar-refractivity contribution is 7.15. The Hall–Kier alpha value is -2.67. The maximum absolute atomic E-state index is 12.0. The number of benzene rings is 1. The van der Waals surface area contributed by atoms with Gasteiger partial charge in [0.2, 0.25) is 5.91 Å². The number of rotatable bonds is 6. The van der Waals surface area contributed by atoms with Crippen LogP contribution in [0, 0.1) is 0 Å². The fraction of sp³-hybridized carbons (Fsp3) is 0.235. The van der Waals surface area contributed by atoms with Crippen molar-refractivity contribution in [1.29, 1.82) is 0 Å². The number of hydrogen-bond acceptors (Lipinski definition) is 4. The maximum Gasteiger partial charge on any atom is 0.226 e. The van der Waals surface area contributed by atoms with Gasteiger partial charge in [-0.15, -0.1) is 11.3 Å². The fourth-order valence-electron chi connectivity index (χ4n) is 2.75. The molecule has 6 nitrogen and oxygen atoms in total. The third-order valence-electron chi connectivity index (χ3n) is 3.91. The summed E-state index contributed by atoms with van der Waals surface area (Å²) in [5.41, 5.74) is 2.93. The average molecular weight is 339 g/mol. The van der Waals surface area contributed by atoms with Crippen molar-refractivity contribution in [3.8, 4) is 0 Å². The number of imidazole rings is 2. The van der Waals surface area contributed by atoms with Gasteiger partial charge in [-0.05, 0) is 18.6 Å². The highest BCUT2D eigenvalue weighted by atomic mass is 32.1. The topological polar surface area (TPSA) is 64.2 Å². The number of hydrogen-bond donors (Lipinski definition) is 1. The summed E-state index contributed by atoms with van der Waals surface area (Å²) in [4.78, 5) is 21.7. The molecule has 1 amide bonds. The molecule has 0 aliphatic carbocycles. The first-order valence-corrected chi connectivity index (χ1v) is 8.75. The van der Waals surface area contributed by atoms with E-state index in [2.05, 4.69) is 25.9 Å². The van der Waals surface area contributed by atoms with E-state index in [0.29, 0.717) is 13.0 Å². The van der Waals surface area contributed by atoms with Gasteiger partial charge >= 0.3 is 0 Å². The molecule has 0 saturated heterocycles. The zero-order valence-electron chi connectivity index (χ0n) is 13.1. The highest BCUT2D eigenvalue weighted by Crippen LogP contribution is 2.12. The number of thiazole rings is 1. The van der Waals surface area contributed by atoms with Crippen LogP contribution in [0.2, 0.25) is 0 Å². The van der Waals surface area contributed by atoms with E-state index in [-0.39, 0.29) is 5.91 Å². The molecule has 0 atom stereocenters. The van der Waals surface area contributed by atoms with Gasteiger partial charge in [0.15, 0.2) is 4.96 Å². The van der Waals surface area contributed by atoms with Gasteiger partial charge in [0, 0.05) is 30.9 Å². The minimum absolute atomic E-state index is 0.0104. The summed E-state index contributed by atoms with van der Waals surface area (Å²) in [6, 6.07) is 8.06. The fourth-order valence-corrected chi connectivity index (χ4v) is 3.47. The van der Waals surface area contributed by atoms with E-state index in [9.17, 15) is 4.79 Å². The van der Waals surface area contributed by atoms with Crippen LogP contribution >= 0.6 is 11.3 Å². The zero-order chi connectivity index (χ0) is 16.4. The SMILES string of the molecule is O=C(Cc1cn2ccsc2n1)NCCCn1cnc2ccccc21. The summed E-state index contributed by atoms with van der Waals surface area (Å²) in [5.74, 6) is 0.0104. The van der Waals surface area contributed by atoms with Crippen molar-refractivity contribution >= 4 is 33.2 Å². The Morgan fingerprint density at radius 1 is 1.29 bits per heavy atom. The van der Waals surface area contributed by atoms with Crippen LogP contribution in [0.25, 0.3) is 16.0 Å². The molecule has 0 bridgehead atoms. The van der Waals surface area contributed by atoms with Crippen LogP contribution in [0.3, 0.4) is 0 Å². The molecule has 0 aliphatic rings.